The minimum Gasteiger partial charge on any atom is -0.370 e. The zero-order valence-electron chi connectivity index (χ0n) is 10.0. The fourth-order valence-corrected chi connectivity index (χ4v) is 2.14. The number of hydrogen-bond donors (Lipinski definition) is 3. The molecule has 0 aliphatic rings. The van der Waals surface area contributed by atoms with Crippen LogP contribution >= 0.6 is 11.3 Å². The van der Waals surface area contributed by atoms with Crippen molar-refractivity contribution in [2.24, 2.45) is 16.5 Å². The quantitative estimate of drug-likeness (QED) is 0.576. The van der Waals surface area contributed by atoms with Crippen LogP contribution in [0.3, 0.4) is 0 Å². The average Bonchev–Trinajstić information content (AvgIpc) is 2.76. The van der Waals surface area contributed by atoms with Crippen molar-refractivity contribution in [3.63, 3.8) is 0 Å². The first-order valence-corrected chi connectivity index (χ1v) is 6.40. The molecule has 19 heavy (non-hydrogen) atoms. The number of benzene rings is 1. The Morgan fingerprint density at radius 1 is 1.32 bits per heavy atom. The summed E-state index contributed by atoms with van der Waals surface area (Å²) in [4.78, 5) is 19.7. The third kappa shape index (κ3) is 4.07. The molecule has 5 N–H and O–H groups in total. The molecule has 98 valence electrons. The van der Waals surface area contributed by atoms with Gasteiger partial charge >= 0.3 is 0 Å². The topological polar surface area (TPSA) is 106 Å². The highest BCUT2D eigenvalue weighted by Gasteiger charge is 2.07. The normalized spacial score (nSPS) is 9.89. The lowest BCUT2D eigenvalue weighted by Crippen LogP contribution is -2.21. The van der Waals surface area contributed by atoms with Crippen molar-refractivity contribution >= 4 is 34.0 Å². The second-order valence-corrected chi connectivity index (χ2v) is 4.59. The minimum atomic E-state index is -0.132. The number of carbonyl (C=O) groups excluding carboxylic acids is 1. The molecule has 7 heteroatoms. The molecule has 1 aromatic heterocycles. The number of nitrogens with zero attached hydrogens (tertiary/aromatic N) is 2. The largest absolute Gasteiger partial charge is 0.370 e. The number of amides is 1. The molecule has 0 aliphatic heterocycles. The number of para-hydroxylation sites is 1. The summed E-state index contributed by atoms with van der Waals surface area (Å²) in [6, 6.07) is 9.25. The van der Waals surface area contributed by atoms with E-state index in [9.17, 15) is 4.79 Å². The monoisotopic (exact) mass is 275 g/mol. The number of aromatic nitrogens is 1. The van der Waals surface area contributed by atoms with E-state index in [4.69, 9.17) is 11.5 Å². The van der Waals surface area contributed by atoms with Crippen LogP contribution < -0.4 is 16.8 Å². The van der Waals surface area contributed by atoms with Crippen LogP contribution in [0.15, 0.2) is 40.7 Å². The van der Waals surface area contributed by atoms with Crippen molar-refractivity contribution in [1.82, 2.24) is 4.98 Å². The number of hydrogen-bond acceptors (Lipinski definition) is 4. The van der Waals surface area contributed by atoms with Gasteiger partial charge in [0.1, 0.15) is 0 Å². The maximum absolute atomic E-state index is 11.8. The molecule has 6 nitrogen and oxygen atoms in total. The highest BCUT2D eigenvalue weighted by atomic mass is 32.1. The van der Waals surface area contributed by atoms with E-state index in [0.29, 0.717) is 10.8 Å². The van der Waals surface area contributed by atoms with Gasteiger partial charge < -0.3 is 16.8 Å². The summed E-state index contributed by atoms with van der Waals surface area (Å²) < 4.78 is 0. The lowest BCUT2D eigenvalue weighted by molar-refractivity contribution is -0.115. The molecule has 0 saturated carbocycles. The molecule has 0 spiro atoms. The van der Waals surface area contributed by atoms with Gasteiger partial charge in [-0.3, -0.25) is 4.79 Å². The van der Waals surface area contributed by atoms with Gasteiger partial charge in [-0.1, -0.05) is 18.2 Å². The highest BCUT2D eigenvalue weighted by Crippen LogP contribution is 2.19. The molecule has 0 atom stereocenters. The number of carbonyl (C=O) groups is 1. The van der Waals surface area contributed by atoms with E-state index < -0.39 is 0 Å². The summed E-state index contributed by atoms with van der Waals surface area (Å²) in [7, 11) is 0. The van der Waals surface area contributed by atoms with Gasteiger partial charge in [0, 0.05) is 11.1 Å². The molecule has 1 amide bonds. The Hall–Kier alpha value is -2.41. The summed E-state index contributed by atoms with van der Waals surface area (Å²) in [5.41, 5.74) is 11.9. The van der Waals surface area contributed by atoms with E-state index in [1.165, 1.54) is 11.3 Å². The molecule has 2 rings (SSSR count). The Labute approximate surface area is 114 Å². The molecule has 0 aliphatic carbocycles. The van der Waals surface area contributed by atoms with Gasteiger partial charge in [-0.15, -0.1) is 11.3 Å². The van der Waals surface area contributed by atoms with E-state index in [-0.39, 0.29) is 18.3 Å². The van der Waals surface area contributed by atoms with Crippen molar-refractivity contribution in [1.29, 1.82) is 0 Å². The van der Waals surface area contributed by atoms with Crippen molar-refractivity contribution in [3.05, 3.63) is 41.4 Å². The predicted molar refractivity (Wildman–Crippen MR) is 76.4 cm³/mol. The number of rotatable bonds is 4. The van der Waals surface area contributed by atoms with Crippen LogP contribution in [-0.2, 0) is 11.2 Å². The zero-order valence-corrected chi connectivity index (χ0v) is 10.9. The average molecular weight is 275 g/mol. The van der Waals surface area contributed by atoms with Crippen LogP contribution in [0.4, 0.5) is 10.8 Å². The standard InChI is InChI=1S/C12H13N5OS/c13-11(14)17-12-16-9(7-19-12)6-10(18)15-8-4-2-1-3-5-8/h1-5,7H,6H2,(H,15,18)(H4,13,14,16,17). The summed E-state index contributed by atoms with van der Waals surface area (Å²) in [6.45, 7) is 0. The summed E-state index contributed by atoms with van der Waals surface area (Å²) >= 11 is 1.29. The number of guanidine groups is 1. The third-order valence-corrected chi connectivity index (χ3v) is 2.95. The number of thiazole rings is 1. The third-order valence-electron chi connectivity index (χ3n) is 2.16. The second-order valence-electron chi connectivity index (χ2n) is 3.75. The smallest absolute Gasteiger partial charge is 0.230 e. The zero-order chi connectivity index (χ0) is 13.7. The van der Waals surface area contributed by atoms with Crippen molar-refractivity contribution in [2.75, 3.05) is 5.32 Å². The van der Waals surface area contributed by atoms with Gasteiger partial charge in [0.25, 0.3) is 0 Å². The maximum atomic E-state index is 11.8. The van der Waals surface area contributed by atoms with Gasteiger partial charge in [-0.25, -0.2) is 4.98 Å². The number of aliphatic imine (C=N–C) groups is 1. The number of nitrogens with one attached hydrogen (secondary N) is 1. The van der Waals surface area contributed by atoms with Gasteiger partial charge in [0.2, 0.25) is 11.0 Å². The summed E-state index contributed by atoms with van der Waals surface area (Å²) in [5, 5.41) is 4.98. The molecule has 1 aromatic carbocycles. The summed E-state index contributed by atoms with van der Waals surface area (Å²) in [5.74, 6) is -0.178. The molecule has 0 saturated heterocycles. The van der Waals surface area contributed by atoms with Crippen LogP contribution in [0.2, 0.25) is 0 Å². The Bertz CT molecular complexity index is 589. The fourth-order valence-electron chi connectivity index (χ4n) is 1.43. The molecule has 2 aromatic rings. The number of nitrogens with two attached hydrogens (primary N) is 2. The van der Waals surface area contributed by atoms with Crippen molar-refractivity contribution in [3.8, 4) is 0 Å². The first-order chi connectivity index (χ1) is 9.13. The van der Waals surface area contributed by atoms with E-state index in [1.54, 1.807) is 5.38 Å². The van der Waals surface area contributed by atoms with Crippen LogP contribution in [0, 0.1) is 0 Å². The fraction of sp³-hybridized carbons (Fsp3) is 0.0833. The van der Waals surface area contributed by atoms with Gasteiger partial charge in [0.05, 0.1) is 12.1 Å². The van der Waals surface area contributed by atoms with Gasteiger partial charge in [-0.2, -0.15) is 4.99 Å². The molecular formula is C12H13N5OS. The summed E-state index contributed by atoms with van der Waals surface area (Å²) in [6.07, 6.45) is 0.186. The molecule has 0 radical (unpaired) electrons. The van der Waals surface area contributed by atoms with E-state index in [2.05, 4.69) is 15.3 Å². The van der Waals surface area contributed by atoms with Crippen molar-refractivity contribution in [2.45, 2.75) is 6.42 Å². The van der Waals surface area contributed by atoms with Crippen molar-refractivity contribution < 1.29 is 4.79 Å². The molecule has 0 fully saturated rings. The van der Waals surface area contributed by atoms with E-state index >= 15 is 0 Å². The maximum Gasteiger partial charge on any atom is 0.230 e. The van der Waals surface area contributed by atoms with Crippen LogP contribution in [0.5, 0.6) is 0 Å². The number of anilines is 1. The Morgan fingerprint density at radius 3 is 2.74 bits per heavy atom. The first-order valence-electron chi connectivity index (χ1n) is 5.52. The molecular weight excluding hydrogens is 262 g/mol. The predicted octanol–water partition coefficient (Wildman–Crippen LogP) is 1.23. The van der Waals surface area contributed by atoms with Crippen LogP contribution in [0.1, 0.15) is 5.69 Å². The molecule has 1 heterocycles. The van der Waals surface area contributed by atoms with Gasteiger partial charge in [0.15, 0.2) is 5.96 Å². The lowest BCUT2D eigenvalue weighted by Gasteiger charge is -2.02. The Kier molecular flexibility index (Phi) is 4.09. The molecule has 0 unspecified atom stereocenters. The van der Waals surface area contributed by atoms with E-state index in [0.717, 1.165) is 5.69 Å². The highest BCUT2D eigenvalue weighted by molar-refractivity contribution is 7.13. The van der Waals surface area contributed by atoms with Crippen LogP contribution in [-0.4, -0.2) is 16.9 Å². The second kappa shape index (κ2) is 5.96. The molecule has 0 bridgehead atoms. The SMILES string of the molecule is NC(N)=Nc1nc(CC(=O)Nc2ccccc2)cs1. The van der Waals surface area contributed by atoms with Crippen LogP contribution in [0.25, 0.3) is 0 Å². The Balaban J connectivity index is 1.96. The van der Waals surface area contributed by atoms with Gasteiger partial charge in [-0.05, 0) is 12.1 Å². The minimum absolute atomic E-state index is 0.0466. The van der Waals surface area contributed by atoms with E-state index in [1.807, 2.05) is 30.3 Å². The first kappa shape index (κ1) is 13.0. The Morgan fingerprint density at radius 2 is 2.05 bits per heavy atom. The lowest BCUT2D eigenvalue weighted by atomic mass is 10.3.